The second-order valence-corrected chi connectivity index (χ2v) is 8.51. The molecular weight excluding hydrogens is 449 g/mol. The van der Waals surface area contributed by atoms with E-state index in [9.17, 15) is 4.79 Å². The lowest BCUT2D eigenvalue weighted by Gasteiger charge is -2.23. The van der Waals surface area contributed by atoms with E-state index < -0.39 is 0 Å². The molecule has 0 aliphatic carbocycles. The largest absolute Gasteiger partial charge is 0.419 e. The molecule has 0 fully saturated rings. The topological polar surface area (TPSA) is 77.1 Å². The Bertz CT molecular complexity index is 1100. The molecule has 7 nitrogen and oxygen atoms in total. The van der Waals surface area contributed by atoms with Crippen LogP contribution in [0.15, 0.2) is 34.8 Å². The predicted molar refractivity (Wildman–Crippen MR) is 126 cm³/mol. The third-order valence-electron chi connectivity index (χ3n) is 5.01. The minimum absolute atomic E-state index is 0.0772. The van der Waals surface area contributed by atoms with Crippen LogP contribution in [0.1, 0.15) is 50.8 Å². The number of unbranched alkanes of at least 4 members (excludes halogenated alkanes) is 1. The Labute approximate surface area is 198 Å². The molecular formula is C23H27Cl2N5O2. The fourth-order valence-corrected chi connectivity index (χ4v) is 3.72. The summed E-state index contributed by atoms with van der Waals surface area (Å²) in [4.78, 5) is 14.6. The summed E-state index contributed by atoms with van der Waals surface area (Å²) in [5, 5.41) is 13.7. The summed E-state index contributed by atoms with van der Waals surface area (Å²) in [5.41, 5.74) is 2.19. The van der Waals surface area contributed by atoms with E-state index in [1.807, 2.05) is 32.9 Å². The highest BCUT2D eigenvalue weighted by Gasteiger charge is 2.20. The maximum Gasteiger partial charge on any atom is 0.249 e. The van der Waals surface area contributed by atoms with Crippen LogP contribution in [-0.2, 0) is 17.9 Å². The van der Waals surface area contributed by atoms with E-state index in [0.29, 0.717) is 27.5 Å². The predicted octanol–water partition coefficient (Wildman–Crippen LogP) is 5.80. The molecule has 1 aromatic carbocycles. The second-order valence-electron chi connectivity index (χ2n) is 7.74. The molecule has 2 heterocycles. The number of rotatable bonds is 9. The van der Waals surface area contributed by atoms with Crippen molar-refractivity contribution in [1.29, 1.82) is 0 Å². The number of carbonyl (C=O) groups is 1. The van der Waals surface area contributed by atoms with E-state index in [1.54, 1.807) is 27.8 Å². The van der Waals surface area contributed by atoms with Crippen molar-refractivity contribution in [1.82, 2.24) is 24.9 Å². The van der Waals surface area contributed by atoms with Crippen LogP contribution in [-0.4, -0.2) is 36.8 Å². The van der Waals surface area contributed by atoms with Crippen LogP contribution in [0.4, 0.5) is 0 Å². The molecule has 2 aromatic heterocycles. The van der Waals surface area contributed by atoms with Gasteiger partial charge >= 0.3 is 0 Å². The van der Waals surface area contributed by atoms with Crippen molar-refractivity contribution in [2.24, 2.45) is 0 Å². The molecule has 1 amide bonds. The number of hydrogen-bond acceptors (Lipinski definition) is 5. The first-order chi connectivity index (χ1) is 15.3. The summed E-state index contributed by atoms with van der Waals surface area (Å²) in [7, 11) is 0. The molecule has 0 spiro atoms. The van der Waals surface area contributed by atoms with E-state index >= 15 is 0 Å². The molecule has 0 aliphatic heterocycles. The zero-order chi connectivity index (χ0) is 23.3. The van der Waals surface area contributed by atoms with Gasteiger partial charge in [-0.25, -0.2) is 0 Å². The molecule has 32 heavy (non-hydrogen) atoms. The monoisotopic (exact) mass is 475 g/mol. The number of amides is 1. The number of aromatic nitrogens is 4. The van der Waals surface area contributed by atoms with Crippen molar-refractivity contribution < 1.29 is 9.21 Å². The van der Waals surface area contributed by atoms with Gasteiger partial charge in [-0.05, 0) is 45.4 Å². The summed E-state index contributed by atoms with van der Waals surface area (Å²) in [6, 6.07) is 7.16. The van der Waals surface area contributed by atoms with Crippen LogP contribution in [0.5, 0.6) is 0 Å². The average Bonchev–Trinajstić information content (AvgIpc) is 3.33. The Kier molecular flexibility index (Phi) is 8.10. The molecule has 0 unspecified atom stereocenters. The van der Waals surface area contributed by atoms with Crippen LogP contribution in [0.3, 0.4) is 0 Å². The van der Waals surface area contributed by atoms with Crippen LogP contribution in [0.2, 0.25) is 10.2 Å². The molecule has 170 valence electrons. The van der Waals surface area contributed by atoms with Gasteiger partial charge in [-0.2, -0.15) is 5.10 Å². The molecule has 3 rings (SSSR count). The van der Waals surface area contributed by atoms with E-state index in [2.05, 4.69) is 22.2 Å². The Morgan fingerprint density at radius 1 is 1.25 bits per heavy atom. The van der Waals surface area contributed by atoms with Crippen LogP contribution < -0.4 is 0 Å². The summed E-state index contributed by atoms with van der Waals surface area (Å²) in [6.45, 7) is 8.79. The number of nitrogens with zero attached hydrogens (tertiary/aromatic N) is 5. The highest BCUT2D eigenvalue weighted by atomic mass is 35.5. The maximum atomic E-state index is 13.0. The molecule has 0 N–H and O–H groups in total. The smallest absolute Gasteiger partial charge is 0.249 e. The number of hydrogen-bond donors (Lipinski definition) is 0. The summed E-state index contributed by atoms with van der Waals surface area (Å²) < 4.78 is 7.54. The first kappa shape index (κ1) is 24.0. The maximum absolute atomic E-state index is 13.0. The van der Waals surface area contributed by atoms with E-state index in [0.717, 1.165) is 30.6 Å². The minimum Gasteiger partial charge on any atom is -0.419 e. The Hall–Kier alpha value is -2.64. The fraction of sp³-hybridized carbons (Fsp3) is 0.391. The molecule has 0 atom stereocenters. The normalized spacial score (nSPS) is 11.6. The third-order valence-corrected chi connectivity index (χ3v) is 5.74. The molecule has 0 saturated carbocycles. The minimum atomic E-state index is -0.186. The Morgan fingerprint density at radius 3 is 2.69 bits per heavy atom. The zero-order valence-corrected chi connectivity index (χ0v) is 20.2. The van der Waals surface area contributed by atoms with Crippen LogP contribution in [0.25, 0.3) is 17.5 Å². The first-order valence-corrected chi connectivity index (χ1v) is 11.4. The van der Waals surface area contributed by atoms with Crippen molar-refractivity contribution in [2.45, 2.75) is 59.7 Å². The van der Waals surface area contributed by atoms with Gasteiger partial charge in [0.05, 0.1) is 22.8 Å². The lowest BCUT2D eigenvalue weighted by Crippen LogP contribution is -2.35. The first-order valence-electron chi connectivity index (χ1n) is 10.6. The average molecular weight is 476 g/mol. The molecule has 3 aromatic rings. The van der Waals surface area contributed by atoms with Gasteiger partial charge in [0.15, 0.2) is 0 Å². The summed E-state index contributed by atoms with van der Waals surface area (Å²) in [6.07, 6.45) is 5.26. The molecule has 0 bridgehead atoms. The molecule has 0 aliphatic rings. The van der Waals surface area contributed by atoms with Crippen molar-refractivity contribution >= 4 is 35.2 Å². The SMILES string of the molecule is CCCCn1nc(C)c(C=CC(=O)N(Cc2nnc(-c3ccccc3Cl)o2)C(C)C)c1Cl. The molecule has 9 heteroatoms. The lowest BCUT2D eigenvalue weighted by molar-refractivity contribution is -0.128. The van der Waals surface area contributed by atoms with Gasteiger partial charge in [-0.15, -0.1) is 10.2 Å². The van der Waals surface area contributed by atoms with Gasteiger partial charge in [-0.1, -0.05) is 48.7 Å². The van der Waals surface area contributed by atoms with Gasteiger partial charge in [0, 0.05) is 24.2 Å². The fourth-order valence-electron chi connectivity index (χ4n) is 3.18. The number of aryl methyl sites for hydroxylation is 2. The van der Waals surface area contributed by atoms with Crippen molar-refractivity contribution in [2.75, 3.05) is 0 Å². The second kappa shape index (κ2) is 10.8. The summed E-state index contributed by atoms with van der Waals surface area (Å²) >= 11 is 12.7. The quantitative estimate of drug-likeness (QED) is 0.365. The number of benzene rings is 1. The van der Waals surface area contributed by atoms with Gasteiger partial charge in [0.25, 0.3) is 0 Å². The lowest BCUT2D eigenvalue weighted by atomic mass is 10.2. The Morgan fingerprint density at radius 2 is 2.00 bits per heavy atom. The highest BCUT2D eigenvalue weighted by molar-refractivity contribution is 6.33. The molecule has 0 saturated heterocycles. The number of halogens is 2. The van der Waals surface area contributed by atoms with Gasteiger partial charge in [0.2, 0.25) is 17.7 Å². The summed E-state index contributed by atoms with van der Waals surface area (Å²) in [5.74, 6) is 0.463. The van der Waals surface area contributed by atoms with Crippen molar-refractivity contribution in [3.63, 3.8) is 0 Å². The highest BCUT2D eigenvalue weighted by Crippen LogP contribution is 2.27. The standard InChI is InChI=1S/C23H27Cl2N5O2/c1-5-6-13-30-22(25)17(16(4)28-30)11-12-21(31)29(15(2)3)14-20-26-27-23(32-20)18-9-7-8-10-19(18)24/h7-12,15H,5-6,13-14H2,1-4H3. The molecule has 0 radical (unpaired) electrons. The van der Waals surface area contributed by atoms with Gasteiger partial charge in [-0.3, -0.25) is 9.48 Å². The third kappa shape index (κ3) is 5.58. The van der Waals surface area contributed by atoms with Crippen molar-refractivity contribution in [3.05, 3.63) is 57.7 Å². The van der Waals surface area contributed by atoms with Gasteiger partial charge in [0.1, 0.15) is 5.15 Å². The van der Waals surface area contributed by atoms with E-state index in [4.69, 9.17) is 27.6 Å². The van der Waals surface area contributed by atoms with Crippen LogP contribution >= 0.6 is 23.2 Å². The van der Waals surface area contributed by atoms with Crippen molar-refractivity contribution in [3.8, 4) is 11.5 Å². The zero-order valence-electron chi connectivity index (χ0n) is 18.7. The van der Waals surface area contributed by atoms with E-state index in [1.165, 1.54) is 6.08 Å². The number of carbonyl (C=O) groups excluding carboxylic acids is 1. The Balaban J connectivity index is 1.75. The van der Waals surface area contributed by atoms with Crippen LogP contribution in [0, 0.1) is 6.92 Å². The van der Waals surface area contributed by atoms with Gasteiger partial charge < -0.3 is 9.32 Å². The van der Waals surface area contributed by atoms with E-state index in [-0.39, 0.29) is 18.5 Å².